The van der Waals surface area contributed by atoms with Gasteiger partial charge in [0.1, 0.15) is 0 Å². The van der Waals surface area contributed by atoms with Crippen molar-refractivity contribution in [3.8, 4) is 79.2 Å². The van der Waals surface area contributed by atoms with Gasteiger partial charge in [-0.05, 0) is 65.2 Å². The van der Waals surface area contributed by atoms with Gasteiger partial charge in [0.15, 0.2) is 11.6 Å². The minimum absolute atomic E-state index is 0.564. The molecule has 0 aliphatic rings. The van der Waals surface area contributed by atoms with Crippen molar-refractivity contribution >= 4 is 43.6 Å². The summed E-state index contributed by atoms with van der Waals surface area (Å²) in [6, 6.07) is 85.3. The highest BCUT2D eigenvalue weighted by Gasteiger charge is 2.23. The van der Waals surface area contributed by atoms with Crippen LogP contribution in [0.15, 0.2) is 243 Å². The van der Waals surface area contributed by atoms with E-state index in [9.17, 15) is 0 Å². The summed E-state index contributed by atoms with van der Waals surface area (Å²) in [4.78, 5) is 20.8. The Bertz CT molecular complexity index is 3950. The summed E-state index contributed by atoms with van der Waals surface area (Å²) in [5.41, 5.74) is 15.6. The molecule has 0 aliphatic heterocycles. The fourth-order valence-corrected chi connectivity index (χ4v) is 9.80. The standard InChI is InChI=1S/C62H40N6/c1-5-20-41(21-6-1)45-28-19-29-46(36-45)54-38-47(37-53(63-54)42-22-7-2-8-23-42)48-30-13-16-33-55(48)67-56-34-17-14-31-49(56)51-40-59-52(39-58(51)67)50-32-15-18-35-57(50)68(59)62-65-60(43-24-9-3-10-25-43)64-61(66-62)44-26-11-4-12-27-44/h1-40H. The van der Waals surface area contributed by atoms with Gasteiger partial charge in [-0.3, -0.25) is 4.57 Å². The number of hydrogen-bond donors (Lipinski definition) is 0. The molecular formula is C62H40N6. The Kier molecular flexibility index (Phi) is 9.39. The molecule has 0 spiro atoms. The molecule has 6 nitrogen and oxygen atoms in total. The Balaban J connectivity index is 1.04. The summed E-state index contributed by atoms with van der Waals surface area (Å²) in [7, 11) is 0. The highest BCUT2D eigenvalue weighted by atomic mass is 15.2. The van der Waals surface area contributed by atoms with Gasteiger partial charge in [0.25, 0.3) is 0 Å². The zero-order valence-electron chi connectivity index (χ0n) is 36.8. The van der Waals surface area contributed by atoms with Gasteiger partial charge in [0.2, 0.25) is 5.95 Å². The second kappa shape index (κ2) is 16.3. The monoisotopic (exact) mass is 868 g/mol. The van der Waals surface area contributed by atoms with E-state index in [1.165, 1.54) is 5.56 Å². The maximum absolute atomic E-state index is 5.34. The summed E-state index contributed by atoms with van der Waals surface area (Å²) >= 11 is 0. The molecule has 0 saturated heterocycles. The lowest BCUT2D eigenvalue weighted by Gasteiger charge is -2.16. The van der Waals surface area contributed by atoms with E-state index in [1.54, 1.807) is 0 Å². The molecule has 318 valence electrons. The second-order valence-electron chi connectivity index (χ2n) is 17.1. The molecule has 0 atom stereocenters. The molecule has 4 aromatic heterocycles. The van der Waals surface area contributed by atoms with E-state index in [0.29, 0.717) is 17.6 Å². The summed E-state index contributed by atoms with van der Waals surface area (Å²) in [6.45, 7) is 0. The number of rotatable bonds is 8. The van der Waals surface area contributed by atoms with Crippen LogP contribution >= 0.6 is 0 Å². The minimum Gasteiger partial charge on any atom is -0.309 e. The quantitative estimate of drug-likeness (QED) is 0.153. The van der Waals surface area contributed by atoms with Gasteiger partial charge in [0, 0.05) is 49.4 Å². The minimum atomic E-state index is 0.564. The van der Waals surface area contributed by atoms with Gasteiger partial charge in [-0.1, -0.05) is 194 Å². The third kappa shape index (κ3) is 6.74. The average molecular weight is 869 g/mol. The number of aromatic nitrogens is 6. The predicted molar refractivity (Wildman–Crippen MR) is 279 cm³/mol. The Labute approximate surface area is 392 Å². The zero-order chi connectivity index (χ0) is 45.0. The fraction of sp³-hybridized carbons (Fsp3) is 0. The molecule has 0 radical (unpaired) electrons. The first-order valence-electron chi connectivity index (χ1n) is 22.9. The molecule has 9 aromatic carbocycles. The first-order valence-corrected chi connectivity index (χ1v) is 22.9. The van der Waals surface area contributed by atoms with Crippen LogP contribution in [0.3, 0.4) is 0 Å². The lowest BCUT2D eigenvalue weighted by molar-refractivity contribution is 0.954. The Morgan fingerprint density at radius 1 is 0.250 bits per heavy atom. The second-order valence-corrected chi connectivity index (χ2v) is 17.1. The SMILES string of the molecule is c1ccc(-c2cccc(-c3cc(-c4ccccc4-n4c5ccccc5c5cc6c(cc54)c4ccccc4n6-c4nc(-c5ccccc5)nc(-c5ccccc5)n4)cc(-c4ccccc4)n3)c2)cc1. The normalized spacial score (nSPS) is 11.5. The van der Waals surface area contributed by atoms with Crippen LogP contribution in [0.4, 0.5) is 0 Å². The zero-order valence-corrected chi connectivity index (χ0v) is 36.8. The molecule has 4 heterocycles. The highest BCUT2D eigenvalue weighted by Crippen LogP contribution is 2.42. The summed E-state index contributed by atoms with van der Waals surface area (Å²) in [6.07, 6.45) is 0. The maximum Gasteiger partial charge on any atom is 0.238 e. The van der Waals surface area contributed by atoms with Crippen LogP contribution < -0.4 is 0 Å². The predicted octanol–water partition coefficient (Wildman–Crippen LogP) is 15.5. The van der Waals surface area contributed by atoms with Gasteiger partial charge in [0.05, 0.1) is 39.1 Å². The van der Waals surface area contributed by atoms with E-state index in [1.807, 2.05) is 36.4 Å². The van der Waals surface area contributed by atoms with Crippen LogP contribution in [-0.2, 0) is 0 Å². The Hall–Kier alpha value is -9.26. The van der Waals surface area contributed by atoms with E-state index in [4.69, 9.17) is 19.9 Å². The van der Waals surface area contributed by atoms with Crippen molar-refractivity contribution in [1.29, 1.82) is 0 Å². The van der Waals surface area contributed by atoms with Crippen LogP contribution in [0.1, 0.15) is 0 Å². The third-order valence-corrected chi connectivity index (χ3v) is 13.0. The molecule has 0 aliphatic carbocycles. The molecule has 6 heteroatoms. The van der Waals surface area contributed by atoms with Crippen molar-refractivity contribution in [2.75, 3.05) is 0 Å². The molecular weight excluding hydrogens is 829 g/mol. The number of fused-ring (bicyclic) bond motifs is 6. The van der Waals surface area contributed by atoms with E-state index in [-0.39, 0.29) is 0 Å². The van der Waals surface area contributed by atoms with Crippen LogP contribution in [0, 0.1) is 0 Å². The van der Waals surface area contributed by atoms with Gasteiger partial charge in [-0.15, -0.1) is 0 Å². The van der Waals surface area contributed by atoms with E-state index in [2.05, 4.69) is 215 Å². The van der Waals surface area contributed by atoms with E-state index in [0.717, 1.165) is 99.6 Å². The molecule has 0 bridgehead atoms. The lowest BCUT2D eigenvalue weighted by atomic mass is 9.97. The van der Waals surface area contributed by atoms with E-state index < -0.39 is 0 Å². The number of hydrogen-bond acceptors (Lipinski definition) is 4. The molecule has 13 rings (SSSR count). The van der Waals surface area contributed by atoms with Gasteiger partial charge in [-0.25, -0.2) is 9.97 Å². The van der Waals surface area contributed by atoms with Crippen LogP contribution in [0.25, 0.3) is 123 Å². The summed E-state index contributed by atoms with van der Waals surface area (Å²) in [5, 5.41) is 4.50. The van der Waals surface area contributed by atoms with Crippen molar-refractivity contribution in [3.05, 3.63) is 243 Å². The Morgan fingerprint density at radius 2 is 0.706 bits per heavy atom. The largest absolute Gasteiger partial charge is 0.309 e. The lowest BCUT2D eigenvalue weighted by Crippen LogP contribution is -2.06. The number of para-hydroxylation sites is 3. The van der Waals surface area contributed by atoms with Gasteiger partial charge < -0.3 is 4.57 Å². The molecule has 0 N–H and O–H groups in total. The van der Waals surface area contributed by atoms with Crippen molar-refractivity contribution in [1.82, 2.24) is 29.1 Å². The molecule has 0 unspecified atom stereocenters. The molecule has 68 heavy (non-hydrogen) atoms. The van der Waals surface area contributed by atoms with Gasteiger partial charge in [-0.2, -0.15) is 9.97 Å². The number of nitrogens with zero attached hydrogens (tertiary/aromatic N) is 6. The average Bonchev–Trinajstić information content (AvgIpc) is 3.92. The van der Waals surface area contributed by atoms with Crippen molar-refractivity contribution in [2.24, 2.45) is 0 Å². The van der Waals surface area contributed by atoms with Crippen LogP contribution in [0.5, 0.6) is 0 Å². The number of benzene rings is 9. The molecule has 0 saturated carbocycles. The topological polar surface area (TPSA) is 61.4 Å². The van der Waals surface area contributed by atoms with Crippen LogP contribution in [-0.4, -0.2) is 29.1 Å². The van der Waals surface area contributed by atoms with E-state index >= 15 is 0 Å². The van der Waals surface area contributed by atoms with Gasteiger partial charge >= 0.3 is 0 Å². The first-order chi connectivity index (χ1) is 33.7. The molecule has 0 fully saturated rings. The van der Waals surface area contributed by atoms with Crippen LogP contribution in [0.2, 0.25) is 0 Å². The summed E-state index contributed by atoms with van der Waals surface area (Å²) < 4.78 is 4.65. The number of pyridine rings is 1. The van der Waals surface area contributed by atoms with Crippen molar-refractivity contribution in [2.45, 2.75) is 0 Å². The van der Waals surface area contributed by atoms with Crippen molar-refractivity contribution in [3.63, 3.8) is 0 Å². The fourth-order valence-electron chi connectivity index (χ4n) is 9.80. The molecule has 0 amide bonds. The smallest absolute Gasteiger partial charge is 0.238 e. The van der Waals surface area contributed by atoms with Crippen molar-refractivity contribution < 1.29 is 0 Å². The Morgan fingerprint density at radius 3 is 1.32 bits per heavy atom. The first kappa shape index (κ1) is 39.1. The highest BCUT2D eigenvalue weighted by molar-refractivity contribution is 6.19. The third-order valence-electron chi connectivity index (χ3n) is 13.0. The molecule has 13 aromatic rings. The maximum atomic E-state index is 5.34. The summed E-state index contributed by atoms with van der Waals surface area (Å²) in [5.74, 6) is 1.80.